The van der Waals surface area contributed by atoms with Crippen LogP contribution in [0.15, 0.2) is 0 Å². The lowest BCUT2D eigenvalue weighted by molar-refractivity contribution is -0.274. The van der Waals surface area contributed by atoms with Crippen molar-refractivity contribution in [3.8, 4) is 0 Å². The molecule has 0 aromatic rings. The molecule has 2 aliphatic heterocycles. The van der Waals surface area contributed by atoms with E-state index in [1.54, 1.807) is 0 Å². The third kappa shape index (κ3) is 3.92. The van der Waals surface area contributed by atoms with Crippen LogP contribution in [0.1, 0.15) is 92.9 Å². The molecule has 1 spiro atoms. The van der Waals surface area contributed by atoms with Crippen LogP contribution in [0.2, 0.25) is 0 Å². The summed E-state index contributed by atoms with van der Waals surface area (Å²) in [6, 6.07) is 0. The van der Waals surface area contributed by atoms with Crippen LogP contribution in [0.4, 0.5) is 0 Å². The van der Waals surface area contributed by atoms with Gasteiger partial charge in [-0.2, -0.15) is 0 Å². The first kappa shape index (κ1) is 27.0. The van der Waals surface area contributed by atoms with Gasteiger partial charge < -0.3 is 24.1 Å². The van der Waals surface area contributed by atoms with Crippen LogP contribution in [0.5, 0.6) is 0 Å². The van der Waals surface area contributed by atoms with Gasteiger partial charge in [-0.05, 0) is 91.3 Å². The van der Waals surface area contributed by atoms with Crippen molar-refractivity contribution >= 4 is 11.9 Å². The molecule has 14 atom stereocenters. The quantitative estimate of drug-likeness (QED) is 0.507. The maximum atomic E-state index is 12.0. The van der Waals surface area contributed by atoms with Crippen molar-refractivity contribution in [3.05, 3.63) is 0 Å². The van der Waals surface area contributed by atoms with Crippen molar-refractivity contribution < 1.29 is 33.6 Å². The minimum absolute atomic E-state index is 0.0289. The zero-order chi connectivity index (χ0) is 27.2. The van der Waals surface area contributed by atoms with Crippen molar-refractivity contribution in [1.29, 1.82) is 0 Å². The largest absolute Gasteiger partial charge is 0.459 e. The summed E-state index contributed by atoms with van der Waals surface area (Å²) in [5, 5.41) is 11.6. The third-order valence-electron chi connectivity index (χ3n) is 12.6. The number of ether oxygens (including phenoxy) is 4. The lowest BCUT2D eigenvalue weighted by Gasteiger charge is -2.63. The summed E-state index contributed by atoms with van der Waals surface area (Å²) in [4.78, 5) is 23.9. The highest BCUT2D eigenvalue weighted by atomic mass is 16.7. The predicted octanol–water partition coefficient (Wildman–Crippen LogP) is 4.88. The molecule has 4 aliphatic carbocycles. The van der Waals surface area contributed by atoms with Crippen LogP contribution >= 0.6 is 0 Å². The molecule has 6 fully saturated rings. The van der Waals surface area contributed by atoms with E-state index in [0.717, 1.165) is 38.7 Å². The molecular formula is C31H48O7. The Morgan fingerprint density at radius 3 is 2.24 bits per heavy atom. The van der Waals surface area contributed by atoms with E-state index in [1.165, 1.54) is 20.3 Å². The molecule has 0 aromatic heterocycles. The van der Waals surface area contributed by atoms with E-state index >= 15 is 0 Å². The number of carbonyl (C=O) groups is 2. The third-order valence-corrected chi connectivity index (χ3v) is 12.6. The fourth-order valence-electron chi connectivity index (χ4n) is 11.0. The second-order valence-corrected chi connectivity index (χ2v) is 14.5. The number of hydrogen-bond acceptors (Lipinski definition) is 7. The normalized spacial score (nSPS) is 55.4. The van der Waals surface area contributed by atoms with Crippen LogP contribution in [0.3, 0.4) is 0 Å². The summed E-state index contributed by atoms with van der Waals surface area (Å²) in [6.07, 6.45) is 6.26. The summed E-state index contributed by atoms with van der Waals surface area (Å²) < 4.78 is 24.7. The van der Waals surface area contributed by atoms with Gasteiger partial charge >= 0.3 is 11.9 Å². The summed E-state index contributed by atoms with van der Waals surface area (Å²) in [7, 11) is 0. The summed E-state index contributed by atoms with van der Waals surface area (Å²) in [5.41, 5.74) is 0.00274. The fraction of sp³-hybridized carbons (Fsp3) is 0.935. The first-order valence-corrected chi connectivity index (χ1v) is 15.2. The van der Waals surface area contributed by atoms with Gasteiger partial charge in [-0.1, -0.05) is 27.7 Å². The van der Waals surface area contributed by atoms with Gasteiger partial charge in [-0.25, -0.2) is 0 Å². The summed E-state index contributed by atoms with van der Waals surface area (Å²) in [5.74, 6) is 1.72. The molecule has 6 aliphatic rings. The average molecular weight is 533 g/mol. The zero-order valence-electron chi connectivity index (χ0n) is 24.1. The molecular weight excluding hydrogens is 484 g/mol. The Morgan fingerprint density at radius 1 is 0.868 bits per heavy atom. The second kappa shape index (κ2) is 9.17. The van der Waals surface area contributed by atoms with Crippen LogP contribution in [0.25, 0.3) is 0 Å². The molecule has 2 heterocycles. The number of aliphatic hydroxyl groups is 1. The van der Waals surface area contributed by atoms with Crippen LogP contribution < -0.4 is 0 Å². The molecule has 38 heavy (non-hydrogen) atoms. The Bertz CT molecular complexity index is 958. The molecule has 1 N–H and O–H groups in total. The Labute approximate surface area is 227 Å². The van der Waals surface area contributed by atoms with Crippen molar-refractivity contribution in [2.45, 2.75) is 123 Å². The highest BCUT2D eigenvalue weighted by molar-refractivity contribution is 5.67. The SMILES string of the molecule is CC(=O)O[C@@H]1C[C@@H]2[C@H](O)C[C@@H]3[C@H](CC[C@]4(C)[C@@H]5[C@H](C[C@@H]34)O[C@]3(CCC(C)CO3)[C@H]5C)[C@@]2(C)C[C@H]1OC(C)=O. The van der Waals surface area contributed by atoms with Crippen LogP contribution in [0, 0.1) is 52.3 Å². The number of fused-ring (bicyclic) bond motifs is 7. The molecule has 6 rings (SSSR count). The molecule has 214 valence electrons. The topological polar surface area (TPSA) is 91.3 Å². The summed E-state index contributed by atoms with van der Waals surface area (Å²) >= 11 is 0. The van der Waals surface area contributed by atoms with E-state index in [4.69, 9.17) is 18.9 Å². The minimum Gasteiger partial charge on any atom is -0.459 e. The smallest absolute Gasteiger partial charge is 0.303 e. The lowest BCUT2D eigenvalue weighted by atomic mass is 9.43. The zero-order valence-corrected chi connectivity index (χ0v) is 24.1. The van der Waals surface area contributed by atoms with Gasteiger partial charge in [0.1, 0.15) is 12.2 Å². The number of aliphatic hydroxyl groups excluding tert-OH is 1. The molecule has 4 saturated carbocycles. The molecule has 7 heteroatoms. The fourth-order valence-corrected chi connectivity index (χ4v) is 11.0. The highest BCUT2D eigenvalue weighted by Gasteiger charge is 2.70. The van der Waals surface area contributed by atoms with E-state index in [2.05, 4.69) is 27.7 Å². The van der Waals surface area contributed by atoms with E-state index in [0.29, 0.717) is 48.3 Å². The average Bonchev–Trinajstić information content (AvgIpc) is 3.27. The molecule has 0 radical (unpaired) electrons. The standard InChI is InChI=1S/C31H48O7/c1-16-7-10-31(35-15-16)17(2)28-26(38-31)12-22-20-11-24(34)23-13-25(36-18(3)32)27(37-19(4)33)14-30(23,6)21(20)8-9-29(22,28)5/h16-17,20-28,34H,7-15H2,1-6H3/t16?,17-,20+,21-,22-,23+,24+,25+,26-,27+,28-,29-,30+,31+/m0/s1. The highest BCUT2D eigenvalue weighted by Crippen LogP contribution is 2.71. The maximum Gasteiger partial charge on any atom is 0.303 e. The number of carbonyl (C=O) groups excluding carboxylic acids is 2. The van der Waals surface area contributed by atoms with Crippen LogP contribution in [-0.2, 0) is 28.5 Å². The first-order valence-electron chi connectivity index (χ1n) is 15.2. The Morgan fingerprint density at radius 2 is 1.58 bits per heavy atom. The van der Waals surface area contributed by atoms with E-state index in [1.807, 2.05) is 0 Å². The summed E-state index contributed by atoms with van der Waals surface area (Å²) in [6.45, 7) is 13.1. The maximum absolute atomic E-state index is 12.0. The lowest BCUT2D eigenvalue weighted by Crippen LogP contribution is -2.61. The van der Waals surface area contributed by atoms with Gasteiger partial charge in [-0.3, -0.25) is 9.59 Å². The monoisotopic (exact) mass is 532 g/mol. The second-order valence-electron chi connectivity index (χ2n) is 14.5. The molecule has 0 aromatic carbocycles. The number of rotatable bonds is 2. The molecule has 0 bridgehead atoms. The first-order chi connectivity index (χ1) is 17.9. The van der Waals surface area contributed by atoms with Crippen molar-refractivity contribution in [3.63, 3.8) is 0 Å². The Kier molecular flexibility index (Phi) is 6.52. The predicted molar refractivity (Wildman–Crippen MR) is 140 cm³/mol. The van der Waals surface area contributed by atoms with Crippen molar-refractivity contribution in [1.82, 2.24) is 0 Å². The van der Waals surface area contributed by atoms with E-state index in [-0.39, 0.29) is 34.8 Å². The molecule has 7 nitrogen and oxygen atoms in total. The molecule has 1 unspecified atom stereocenters. The molecule has 0 amide bonds. The van der Waals surface area contributed by atoms with Crippen molar-refractivity contribution in [2.24, 2.45) is 52.3 Å². The number of esters is 2. The van der Waals surface area contributed by atoms with Gasteiger partial charge in [0.25, 0.3) is 0 Å². The van der Waals surface area contributed by atoms with Crippen LogP contribution in [-0.4, -0.2) is 53.9 Å². The number of hydrogen-bond donors (Lipinski definition) is 1. The minimum atomic E-state index is -0.496. The van der Waals surface area contributed by atoms with E-state index < -0.39 is 24.1 Å². The van der Waals surface area contributed by atoms with Gasteiger partial charge in [0, 0.05) is 26.2 Å². The van der Waals surface area contributed by atoms with Gasteiger partial charge in [0.15, 0.2) is 5.79 Å². The van der Waals surface area contributed by atoms with Gasteiger partial charge in [-0.15, -0.1) is 0 Å². The van der Waals surface area contributed by atoms with Gasteiger partial charge in [0.2, 0.25) is 0 Å². The van der Waals surface area contributed by atoms with Crippen molar-refractivity contribution in [2.75, 3.05) is 6.61 Å². The Balaban J connectivity index is 1.26. The molecule has 2 saturated heterocycles. The Hall–Kier alpha value is -1.18. The van der Waals surface area contributed by atoms with Gasteiger partial charge in [0.05, 0.1) is 18.8 Å². The van der Waals surface area contributed by atoms with E-state index in [9.17, 15) is 14.7 Å².